The van der Waals surface area contributed by atoms with Crippen molar-refractivity contribution in [3.8, 4) is 22.4 Å². The second-order valence-electron chi connectivity index (χ2n) is 9.99. The van der Waals surface area contributed by atoms with Gasteiger partial charge in [-0.1, -0.05) is 65.7 Å². The molecular formula is C30H28Cl2N4O4S. The third-order valence-corrected chi connectivity index (χ3v) is 7.84. The first-order valence-electron chi connectivity index (χ1n) is 12.5. The molecule has 1 amide bonds. The summed E-state index contributed by atoms with van der Waals surface area (Å²) in [5.74, 6) is -0.547. The molecule has 11 heteroatoms. The molecule has 1 heterocycles. The van der Waals surface area contributed by atoms with Gasteiger partial charge < -0.3 is 10.5 Å². The molecule has 0 fully saturated rings. The monoisotopic (exact) mass is 610 g/mol. The van der Waals surface area contributed by atoms with Crippen molar-refractivity contribution in [1.29, 1.82) is 0 Å². The fraction of sp³-hybridized carbons (Fsp3) is 0.167. The second-order valence-corrected chi connectivity index (χ2v) is 12.7. The van der Waals surface area contributed by atoms with Crippen LogP contribution in [-0.2, 0) is 21.3 Å². The lowest BCUT2D eigenvalue weighted by molar-refractivity contribution is 0.0463. The SMILES string of the molecule is CC(C)(C)OC(=O)N(C(N)=NCc1cnc(-c2ccc(Cl)cc2)c(-c2cccc(Cl)c2)c1)S(=O)(=O)c1ccccc1. The molecule has 0 aliphatic carbocycles. The minimum atomic E-state index is -4.42. The number of guanidine groups is 1. The molecule has 4 aromatic rings. The highest BCUT2D eigenvalue weighted by molar-refractivity contribution is 7.90. The predicted molar refractivity (Wildman–Crippen MR) is 162 cm³/mol. The summed E-state index contributed by atoms with van der Waals surface area (Å²) in [6.45, 7) is 4.79. The van der Waals surface area contributed by atoms with E-state index in [2.05, 4.69) is 9.98 Å². The Morgan fingerprint density at radius 3 is 2.24 bits per heavy atom. The van der Waals surface area contributed by atoms with Crippen LogP contribution in [0.25, 0.3) is 22.4 Å². The predicted octanol–water partition coefficient (Wildman–Crippen LogP) is 7.16. The first-order chi connectivity index (χ1) is 19.3. The quantitative estimate of drug-likeness (QED) is 0.183. The lowest BCUT2D eigenvalue weighted by Gasteiger charge is -2.26. The summed E-state index contributed by atoms with van der Waals surface area (Å²) in [5.41, 5.74) is 8.90. The minimum Gasteiger partial charge on any atom is -0.443 e. The Balaban J connectivity index is 1.74. The van der Waals surface area contributed by atoms with Gasteiger partial charge >= 0.3 is 6.09 Å². The fourth-order valence-electron chi connectivity index (χ4n) is 3.86. The number of carbonyl (C=O) groups is 1. The summed E-state index contributed by atoms with van der Waals surface area (Å²) in [6.07, 6.45) is 0.441. The van der Waals surface area contributed by atoms with E-state index in [0.29, 0.717) is 25.6 Å². The van der Waals surface area contributed by atoms with Crippen LogP contribution in [-0.4, -0.2) is 35.4 Å². The molecule has 0 saturated heterocycles. The molecule has 0 aliphatic heterocycles. The molecule has 4 rings (SSSR count). The van der Waals surface area contributed by atoms with Gasteiger partial charge in [0.15, 0.2) is 0 Å². The molecule has 1 aromatic heterocycles. The highest BCUT2D eigenvalue weighted by Crippen LogP contribution is 2.33. The summed E-state index contributed by atoms with van der Waals surface area (Å²) in [5, 5.41) is 1.15. The number of aromatic nitrogens is 1. The van der Waals surface area contributed by atoms with Crippen molar-refractivity contribution >= 4 is 45.3 Å². The van der Waals surface area contributed by atoms with Gasteiger partial charge in [0, 0.05) is 27.4 Å². The zero-order chi connectivity index (χ0) is 29.8. The maximum absolute atomic E-state index is 13.4. The number of pyridine rings is 1. The van der Waals surface area contributed by atoms with E-state index in [4.69, 9.17) is 33.7 Å². The molecule has 0 saturated carbocycles. The van der Waals surface area contributed by atoms with Crippen LogP contribution in [0.5, 0.6) is 0 Å². The number of aliphatic imine (C=N–C) groups is 1. The lowest BCUT2D eigenvalue weighted by atomic mass is 9.98. The summed E-state index contributed by atoms with van der Waals surface area (Å²) < 4.78 is 32.6. The van der Waals surface area contributed by atoms with Crippen molar-refractivity contribution in [2.45, 2.75) is 37.8 Å². The van der Waals surface area contributed by atoms with Crippen LogP contribution in [0.3, 0.4) is 0 Å². The highest BCUT2D eigenvalue weighted by Gasteiger charge is 2.36. The van der Waals surface area contributed by atoms with Crippen LogP contribution in [0.15, 0.2) is 101 Å². The van der Waals surface area contributed by atoms with Crippen LogP contribution >= 0.6 is 23.2 Å². The molecule has 0 radical (unpaired) electrons. The first-order valence-corrected chi connectivity index (χ1v) is 14.7. The van der Waals surface area contributed by atoms with Crippen molar-refractivity contribution in [2.24, 2.45) is 10.7 Å². The number of rotatable bonds is 6. The fourth-order valence-corrected chi connectivity index (χ4v) is 5.43. The zero-order valence-electron chi connectivity index (χ0n) is 22.6. The van der Waals surface area contributed by atoms with E-state index in [9.17, 15) is 13.2 Å². The van der Waals surface area contributed by atoms with Crippen LogP contribution in [0, 0.1) is 0 Å². The Morgan fingerprint density at radius 2 is 1.61 bits per heavy atom. The first kappa shape index (κ1) is 30.0. The molecule has 0 unspecified atom stereocenters. The molecule has 3 aromatic carbocycles. The standard InChI is InChI=1S/C30H28Cl2N4O4S/c1-30(2,3)40-29(37)36(41(38,39)25-10-5-4-6-11-25)28(33)35-19-20-16-26(22-8-7-9-24(32)17-22)27(34-18-20)21-12-14-23(31)15-13-21/h4-18H,19H2,1-3H3,(H2,33,35). The largest absolute Gasteiger partial charge is 0.443 e. The average molecular weight is 612 g/mol. The summed E-state index contributed by atoms with van der Waals surface area (Å²) in [4.78, 5) is 21.8. The Bertz CT molecular complexity index is 1690. The molecule has 41 heavy (non-hydrogen) atoms. The number of sulfonamides is 1. The van der Waals surface area contributed by atoms with Crippen molar-refractivity contribution in [2.75, 3.05) is 0 Å². The van der Waals surface area contributed by atoms with Crippen LogP contribution in [0.4, 0.5) is 4.79 Å². The number of hydrogen-bond donors (Lipinski definition) is 1. The topological polar surface area (TPSA) is 115 Å². The van der Waals surface area contributed by atoms with E-state index in [1.807, 2.05) is 36.4 Å². The minimum absolute atomic E-state index is 0.0725. The van der Waals surface area contributed by atoms with E-state index in [1.165, 1.54) is 12.1 Å². The number of ether oxygens (including phenoxy) is 1. The zero-order valence-corrected chi connectivity index (χ0v) is 24.9. The maximum Gasteiger partial charge on any atom is 0.431 e. The Labute approximate surface area is 249 Å². The van der Waals surface area contributed by atoms with Crippen molar-refractivity contribution in [1.82, 2.24) is 9.29 Å². The number of benzene rings is 3. The lowest BCUT2D eigenvalue weighted by Crippen LogP contribution is -2.48. The third kappa shape index (κ3) is 7.43. The van der Waals surface area contributed by atoms with Crippen LogP contribution < -0.4 is 5.73 Å². The maximum atomic E-state index is 13.4. The van der Waals surface area contributed by atoms with Crippen molar-refractivity contribution < 1.29 is 17.9 Å². The average Bonchev–Trinajstić information content (AvgIpc) is 2.92. The molecule has 0 spiro atoms. The number of carbonyl (C=O) groups excluding carboxylic acids is 1. The normalized spacial score (nSPS) is 12.2. The number of nitrogens with zero attached hydrogens (tertiary/aromatic N) is 3. The van der Waals surface area contributed by atoms with Crippen LogP contribution in [0.1, 0.15) is 26.3 Å². The molecule has 0 atom stereocenters. The van der Waals surface area contributed by atoms with E-state index in [1.54, 1.807) is 63.4 Å². The van der Waals surface area contributed by atoms with E-state index in [0.717, 1.165) is 16.7 Å². The summed E-state index contributed by atoms with van der Waals surface area (Å²) in [7, 11) is -4.42. The Morgan fingerprint density at radius 1 is 0.927 bits per heavy atom. The Hall–Kier alpha value is -3.92. The van der Waals surface area contributed by atoms with Gasteiger partial charge in [0.25, 0.3) is 10.0 Å². The number of amides is 1. The van der Waals surface area contributed by atoms with Crippen molar-refractivity contribution in [3.63, 3.8) is 0 Å². The van der Waals surface area contributed by atoms with Gasteiger partial charge in [-0.3, -0.25) is 4.98 Å². The van der Waals surface area contributed by atoms with Gasteiger partial charge in [0.2, 0.25) is 5.96 Å². The summed E-state index contributed by atoms with van der Waals surface area (Å²) in [6, 6.07) is 23.9. The molecule has 212 valence electrons. The van der Waals surface area contributed by atoms with Gasteiger partial charge in [-0.05, 0) is 74.4 Å². The van der Waals surface area contributed by atoms with Crippen molar-refractivity contribution in [3.05, 3.63) is 107 Å². The third-order valence-electron chi connectivity index (χ3n) is 5.67. The van der Waals surface area contributed by atoms with Gasteiger partial charge in [0.05, 0.1) is 17.1 Å². The Kier molecular flexibility index (Phi) is 9.01. The molecule has 0 bridgehead atoms. The van der Waals surface area contributed by atoms with E-state index in [-0.39, 0.29) is 11.4 Å². The van der Waals surface area contributed by atoms with Gasteiger partial charge in [-0.25, -0.2) is 18.2 Å². The van der Waals surface area contributed by atoms with E-state index < -0.39 is 27.7 Å². The smallest absolute Gasteiger partial charge is 0.431 e. The highest BCUT2D eigenvalue weighted by atomic mass is 35.5. The number of hydrogen-bond acceptors (Lipinski definition) is 6. The van der Waals surface area contributed by atoms with Gasteiger partial charge in [0.1, 0.15) is 5.60 Å². The summed E-state index contributed by atoms with van der Waals surface area (Å²) >= 11 is 12.4. The molecular weight excluding hydrogens is 583 g/mol. The number of halogens is 2. The molecule has 0 aliphatic rings. The van der Waals surface area contributed by atoms with Gasteiger partial charge in [-0.2, -0.15) is 0 Å². The molecule has 8 nitrogen and oxygen atoms in total. The van der Waals surface area contributed by atoms with Crippen LogP contribution in [0.2, 0.25) is 10.0 Å². The van der Waals surface area contributed by atoms with Gasteiger partial charge in [-0.15, -0.1) is 4.31 Å². The second kappa shape index (κ2) is 12.3. The van der Waals surface area contributed by atoms with E-state index >= 15 is 0 Å². The number of nitrogens with two attached hydrogens (primary N) is 1. The molecule has 2 N–H and O–H groups in total.